The Labute approximate surface area is 188 Å². The molecule has 0 heterocycles. The minimum absolute atomic E-state index is 0.0594. The fourth-order valence-corrected chi connectivity index (χ4v) is 2.89. The lowest BCUT2D eigenvalue weighted by atomic mass is 10.1. The van der Waals surface area contributed by atoms with Crippen molar-refractivity contribution in [1.82, 2.24) is 0 Å². The average Bonchev–Trinajstić information content (AvgIpc) is 2.83. The van der Waals surface area contributed by atoms with Gasteiger partial charge >= 0.3 is 5.97 Å². The van der Waals surface area contributed by atoms with Gasteiger partial charge in [0.05, 0.1) is 31.0 Å². The number of carbonyl (C=O) groups excluding carboxylic acids is 2. The fourth-order valence-electron chi connectivity index (χ4n) is 2.89. The Morgan fingerprint density at radius 3 is 2.24 bits per heavy atom. The van der Waals surface area contributed by atoms with Crippen molar-refractivity contribution in [2.45, 2.75) is 0 Å². The maximum atomic E-state index is 13.8. The zero-order valence-corrected chi connectivity index (χ0v) is 17.7. The second-order valence-corrected chi connectivity index (χ2v) is 6.66. The van der Waals surface area contributed by atoms with Crippen molar-refractivity contribution in [3.05, 3.63) is 94.5 Å². The first kappa shape index (κ1) is 23.5. The molecule has 0 aromatic heterocycles. The zero-order valence-electron chi connectivity index (χ0n) is 17.7. The second-order valence-electron chi connectivity index (χ2n) is 6.66. The van der Waals surface area contributed by atoms with Gasteiger partial charge in [0.2, 0.25) is 0 Å². The number of methoxy groups -OCH3 is 2. The summed E-state index contributed by atoms with van der Waals surface area (Å²) in [4.78, 5) is 25.2. The maximum Gasteiger partial charge on any atom is 0.343 e. The molecule has 3 rings (SSSR count). The monoisotopic (exact) mass is 452 g/mol. The molecule has 0 spiro atoms. The quantitative estimate of drug-likeness (QED) is 0.173. The highest BCUT2D eigenvalue weighted by Crippen LogP contribution is 2.28. The number of ether oxygens (including phenoxy) is 3. The van der Waals surface area contributed by atoms with Gasteiger partial charge in [0.25, 0.3) is 0 Å². The molecule has 3 aromatic carbocycles. The van der Waals surface area contributed by atoms with Gasteiger partial charge in [-0.05, 0) is 66.2 Å². The number of rotatable bonds is 8. The number of esters is 1. The van der Waals surface area contributed by atoms with Crippen LogP contribution in [0.4, 0.5) is 10.1 Å². The lowest BCUT2D eigenvalue weighted by Gasteiger charge is -2.21. The van der Waals surface area contributed by atoms with E-state index in [1.165, 1.54) is 56.7 Å². The molecule has 0 fully saturated rings. The van der Waals surface area contributed by atoms with E-state index in [9.17, 15) is 19.2 Å². The summed E-state index contributed by atoms with van der Waals surface area (Å²) in [6, 6.07) is 13.2. The summed E-state index contributed by atoms with van der Waals surface area (Å²) < 4.78 is 29.5. The van der Waals surface area contributed by atoms with Gasteiger partial charge in [-0.15, -0.1) is 0 Å². The standard InChI is InChI=1S/C24H19FNO7/c1-31-22-11-4-15(13-23(22)32-2)3-10-20(27)19-14-17(25)7-12-21(19)33-24(28)16-5-8-18(9-6-16)26(29)30/h3-14,29H,1-2H3/q-1. The van der Waals surface area contributed by atoms with E-state index < -0.39 is 17.6 Å². The summed E-state index contributed by atoms with van der Waals surface area (Å²) in [5, 5.41) is 19.4. The molecule has 3 aromatic rings. The van der Waals surface area contributed by atoms with E-state index in [0.717, 1.165) is 12.1 Å². The number of nitrogens with zero attached hydrogens (tertiary/aromatic N) is 1. The Morgan fingerprint density at radius 2 is 1.61 bits per heavy atom. The Kier molecular flexibility index (Phi) is 7.39. The Balaban J connectivity index is 1.82. The molecule has 0 radical (unpaired) electrons. The molecule has 170 valence electrons. The van der Waals surface area contributed by atoms with Crippen LogP contribution in [-0.4, -0.2) is 31.2 Å². The smallest absolute Gasteiger partial charge is 0.343 e. The highest BCUT2D eigenvalue weighted by molar-refractivity contribution is 6.09. The summed E-state index contributed by atoms with van der Waals surface area (Å²) in [5.74, 6) is -1.25. The van der Waals surface area contributed by atoms with Crippen LogP contribution in [0.25, 0.3) is 6.08 Å². The van der Waals surface area contributed by atoms with Crippen molar-refractivity contribution < 1.29 is 33.4 Å². The number of ketones is 1. The second kappa shape index (κ2) is 10.4. The van der Waals surface area contributed by atoms with Gasteiger partial charge < -0.3 is 24.6 Å². The molecule has 0 atom stereocenters. The van der Waals surface area contributed by atoms with Crippen molar-refractivity contribution in [3.8, 4) is 17.2 Å². The first-order valence-corrected chi connectivity index (χ1v) is 9.54. The highest BCUT2D eigenvalue weighted by Gasteiger charge is 2.16. The summed E-state index contributed by atoms with van der Waals surface area (Å²) in [6.45, 7) is 0. The van der Waals surface area contributed by atoms with E-state index in [4.69, 9.17) is 19.4 Å². The van der Waals surface area contributed by atoms with Gasteiger partial charge in [-0.1, -0.05) is 12.1 Å². The van der Waals surface area contributed by atoms with E-state index in [1.54, 1.807) is 18.2 Å². The molecule has 0 aliphatic rings. The molecule has 0 aliphatic carbocycles. The highest BCUT2D eigenvalue weighted by atomic mass is 19.1. The van der Waals surface area contributed by atoms with E-state index in [-0.39, 0.29) is 27.8 Å². The number of anilines is 1. The van der Waals surface area contributed by atoms with Crippen molar-refractivity contribution in [3.63, 3.8) is 0 Å². The minimum atomic E-state index is -0.832. The van der Waals surface area contributed by atoms with Crippen LogP contribution in [0, 0.1) is 11.0 Å². The number of carbonyl (C=O) groups is 2. The summed E-state index contributed by atoms with van der Waals surface area (Å²) in [6.07, 6.45) is 2.72. The van der Waals surface area contributed by atoms with Gasteiger partial charge in [0.1, 0.15) is 11.6 Å². The van der Waals surface area contributed by atoms with Crippen molar-refractivity contribution in [1.29, 1.82) is 0 Å². The van der Waals surface area contributed by atoms with Crippen molar-refractivity contribution in [2.75, 3.05) is 19.4 Å². The molecule has 0 aliphatic heterocycles. The van der Waals surface area contributed by atoms with Crippen LogP contribution in [0.2, 0.25) is 0 Å². The van der Waals surface area contributed by atoms with Crippen LogP contribution >= 0.6 is 0 Å². The first-order chi connectivity index (χ1) is 15.8. The summed E-state index contributed by atoms with van der Waals surface area (Å²) in [7, 11) is 2.99. The fraction of sp³-hybridized carbons (Fsp3) is 0.0833. The van der Waals surface area contributed by atoms with Crippen LogP contribution in [0.15, 0.2) is 66.7 Å². The van der Waals surface area contributed by atoms with E-state index in [0.29, 0.717) is 17.1 Å². The number of allylic oxidation sites excluding steroid dienone is 1. The Hall–Kier alpha value is -4.21. The number of halogens is 1. The van der Waals surface area contributed by atoms with Crippen LogP contribution in [0.1, 0.15) is 26.3 Å². The molecule has 0 bridgehead atoms. The molecule has 33 heavy (non-hydrogen) atoms. The topological polar surface area (TPSA) is 108 Å². The Morgan fingerprint density at radius 1 is 0.939 bits per heavy atom. The predicted molar refractivity (Wildman–Crippen MR) is 118 cm³/mol. The average molecular weight is 452 g/mol. The van der Waals surface area contributed by atoms with Gasteiger partial charge in [0, 0.05) is 0 Å². The number of benzene rings is 3. The van der Waals surface area contributed by atoms with E-state index >= 15 is 0 Å². The molecule has 0 saturated carbocycles. The van der Waals surface area contributed by atoms with Crippen LogP contribution < -0.4 is 19.4 Å². The SMILES string of the molecule is COc1ccc(C=CC(=O)c2cc(F)ccc2OC(=O)c2ccc(N([O-])O)cc2)cc1OC. The minimum Gasteiger partial charge on any atom is -0.733 e. The maximum absolute atomic E-state index is 13.8. The third-order valence-electron chi connectivity index (χ3n) is 4.57. The van der Waals surface area contributed by atoms with Gasteiger partial charge in [-0.25, -0.2) is 9.18 Å². The third-order valence-corrected chi connectivity index (χ3v) is 4.57. The summed E-state index contributed by atoms with van der Waals surface area (Å²) in [5.41, 5.74) is 0.457. The molecule has 0 unspecified atom stereocenters. The van der Waals surface area contributed by atoms with E-state index in [2.05, 4.69) is 0 Å². The van der Waals surface area contributed by atoms with Gasteiger partial charge in [0.15, 0.2) is 17.3 Å². The lowest BCUT2D eigenvalue weighted by Crippen LogP contribution is -2.12. The molecular weight excluding hydrogens is 433 g/mol. The van der Waals surface area contributed by atoms with Crippen LogP contribution in [-0.2, 0) is 0 Å². The third kappa shape index (κ3) is 5.73. The van der Waals surface area contributed by atoms with Gasteiger partial charge in [-0.3, -0.25) is 10.0 Å². The zero-order chi connectivity index (χ0) is 24.0. The first-order valence-electron chi connectivity index (χ1n) is 9.54. The van der Waals surface area contributed by atoms with E-state index in [1.807, 2.05) is 0 Å². The molecule has 0 amide bonds. The number of hydrogen-bond acceptors (Lipinski definition) is 8. The van der Waals surface area contributed by atoms with Gasteiger partial charge in [-0.2, -0.15) is 0 Å². The largest absolute Gasteiger partial charge is 0.733 e. The Bertz CT molecular complexity index is 1190. The molecule has 0 saturated heterocycles. The lowest BCUT2D eigenvalue weighted by molar-refractivity contribution is 0.0732. The molecule has 8 nitrogen and oxygen atoms in total. The summed E-state index contributed by atoms with van der Waals surface area (Å²) >= 11 is 0. The van der Waals surface area contributed by atoms with Crippen LogP contribution in [0.3, 0.4) is 0 Å². The van der Waals surface area contributed by atoms with Crippen molar-refractivity contribution in [2.24, 2.45) is 0 Å². The normalized spacial score (nSPS) is 10.7. The molecule has 9 heteroatoms. The number of hydrogen-bond donors (Lipinski definition) is 1. The molecule has 1 N–H and O–H groups in total. The predicted octanol–water partition coefficient (Wildman–Crippen LogP) is 4.65. The van der Waals surface area contributed by atoms with Crippen molar-refractivity contribution >= 4 is 23.5 Å². The molecular formula is C24H19FNO7-. The van der Waals surface area contributed by atoms with Crippen LogP contribution in [0.5, 0.6) is 17.2 Å².